The molecule has 0 bridgehead atoms. The molecule has 1 spiro atoms. The summed E-state index contributed by atoms with van der Waals surface area (Å²) in [6.07, 6.45) is 8.98. The standard InChI is InChI=1S/C11H18O2/c1-2-5-10-6-3-7-11(13-10)8-4-9-12-11/h2,10H,1,3-9H2/t10-,11-/m1/s1. The monoisotopic (exact) mass is 182 g/mol. The first kappa shape index (κ1) is 9.22. The SMILES string of the molecule is C=CC[C@@H]1CCC[C@]2(CCCO2)O1. The summed E-state index contributed by atoms with van der Waals surface area (Å²) in [7, 11) is 0. The van der Waals surface area contributed by atoms with Crippen LogP contribution in [0.25, 0.3) is 0 Å². The maximum atomic E-state index is 5.98. The van der Waals surface area contributed by atoms with Gasteiger partial charge in [0, 0.05) is 12.8 Å². The first-order chi connectivity index (χ1) is 6.35. The van der Waals surface area contributed by atoms with Crippen LogP contribution in [0.1, 0.15) is 38.5 Å². The average molecular weight is 182 g/mol. The topological polar surface area (TPSA) is 18.5 Å². The molecule has 2 rings (SSSR count). The minimum absolute atomic E-state index is 0.202. The fourth-order valence-electron chi connectivity index (χ4n) is 2.33. The van der Waals surface area contributed by atoms with E-state index in [-0.39, 0.29) is 5.79 Å². The summed E-state index contributed by atoms with van der Waals surface area (Å²) in [6.45, 7) is 4.62. The minimum atomic E-state index is -0.202. The van der Waals surface area contributed by atoms with Crippen LogP contribution >= 0.6 is 0 Å². The van der Waals surface area contributed by atoms with Gasteiger partial charge in [-0.15, -0.1) is 6.58 Å². The number of ether oxygens (including phenoxy) is 2. The summed E-state index contributed by atoms with van der Waals surface area (Å²) >= 11 is 0. The van der Waals surface area contributed by atoms with E-state index in [1.54, 1.807) is 0 Å². The van der Waals surface area contributed by atoms with Crippen LogP contribution in [0.5, 0.6) is 0 Å². The van der Waals surface area contributed by atoms with E-state index in [1.807, 2.05) is 6.08 Å². The van der Waals surface area contributed by atoms with E-state index in [0.29, 0.717) is 6.10 Å². The summed E-state index contributed by atoms with van der Waals surface area (Å²) < 4.78 is 11.7. The lowest BCUT2D eigenvalue weighted by molar-refractivity contribution is -0.256. The van der Waals surface area contributed by atoms with Crippen LogP contribution in [0.2, 0.25) is 0 Å². The lowest BCUT2D eigenvalue weighted by atomic mass is 9.97. The van der Waals surface area contributed by atoms with Gasteiger partial charge in [0.2, 0.25) is 0 Å². The van der Waals surface area contributed by atoms with E-state index >= 15 is 0 Å². The van der Waals surface area contributed by atoms with Crippen molar-refractivity contribution in [1.82, 2.24) is 0 Å². The molecule has 2 aliphatic heterocycles. The van der Waals surface area contributed by atoms with Gasteiger partial charge in [0.15, 0.2) is 5.79 Å². The van der Waals surface area contributed by atoms with Crippen molar-refractivity contribution >= 4 is 0 Å². The molecular weight excluding hydrogens is 164 g/mol. The van der Waals surface area contributed by atoms with Crippen molar-refractivity contribution in [2.24, 2.45) is 0 Å². The highest BCUT2D eigenvalue weighted by atomic mass is 16.7. The smallest absolute Gasteiger partial charge is 0.168 e. The second-order valence-corrected chi connectivity index (χ2v) is 4.02. The molecule has 2 fully saturated rings. The molecule has 2 heteroatoms. The second kappa shape index (κ2) is 3.81. The zero-order chi connectivity index (χ0) is 9.15. The van der Waals surface area contributed by atoms with Crippen molar-refractivity contribution in [3.05, 3.63) is 12.7 Å². The van der Waals surface area contributed by atoms with Crippen molar-refractivity contribution in [2.75, 3.05) is 6.61 Å². The molecule has 0 amide bonds. The normalized spacial score (nSPS) is 39.5. The molecule has 2 nitrogen and oxygen atoms in total. The van der Waals surface area contributed by atoms with Crippen LogP contribution in [0.3, 0.4) is 0 Å². The molecule has 0 aromatic carbocycles. The number of rotatable bonds is 2. The van der Waals surface area contributed by atoms with Crippen LogP contribution < -0.4 is 0 Å². The van der Waals surface area contributed by atoms with Gasteiger partial charge in [0.1, 0.15) is 0 Å². The average Bonchev–Trinajstić information content (AvgIpc) is 2.54. The summed E-state index contributed by atoms with van der Waals surface area (Å²) in [5.41, 5.74) is 0. The highest BCUT2D eigenvalue weighted by molar-refractivity contribution is 4.84. The van der Waals surface area contributed by atoms with Crippen LogP contribution in [0.15, 0.2) is 12.7 Å². The van der Waals surface area contributed by atoms with Gasteiger partial charge >= 0.3 is 0 Å². The van der Waals surface area contributed by atoms with Gasteiger partial charge in [-0.1, -0.05) is 6.08 Å². The highest BCUT2D eigenvalue weighted by Crippen LogP contribution is 2.38. The maximum absolute atomic E-state index is 5.98. The highest BCUT2D eigenvalue weighted by Gasteiger charge is 2.40. The third kappa shape index (κ3) is 1.94. The molecular formula is C11H18O2. The summed E-state index contributed by atoms with van der Waals surface area (Å²) in [4.78, 5) is 0. The Hall–Kier alpha value is -0.340. The van der Waals surface area contributed by atoms with E-state index in [1.165, 1.54) is 6.42 Å². The zero-order valence-corrected chi connectivity index (χ0v) is 8.13. The second-order valence-electron chi connectivity index (χ2n) is 4.02. The van der Waals surface area contributed by atoms with E-state index in [9.17, 15) is 0 Å². The van der Waals surface area contributed by atoms with Crippen molar-refractivity contribution in [1.29, 1.82) is 0 Å². The number of hydrogen-bond donors (Lipinski definition) is 0. The lowest BCUT2D eigenvalue weighted by Crippen LogP contribution is -2.39. The quantitative estimate of drug-likeness (QED) is 0.611. The van der Waals surface area contributed by atoms with Gasteiger partial charge in [0.05, 0.1) is 12.7 Å². The predicted molar refractivity (Wildman–Crippen MR) is 51.5 cm³/mol. The van der Waals surface area contributed by atoms with Crippen molar-refractivity contribution in [3.63, 3.8) is 0 Å². The molecule has 0 aromatic rings. The first-order valence-corrected chi connectivity index (χ1v) is 5.27. The van der Waals surface area contributed by atoms with E-state index in [0.717, 1.165) is 38.7 Å². The Kier molecular flexibility index (Phi) is 2.70. The molecule has 74 valence electrons. The third-order valence-corrected chi connectivity index (χ3v) is 2.96. The summed E-state index contributed by atoms with van der Waals surface area (Å²) in [5, 5.41) is 0. The van der Waals surface area contributed by atoms with Gasteiger partial charge in [-0.25, -0.2) is 0 Å². The molecule has 2 atom stereocenters. The third-order valence-electron chi connectivity index (χ3n) is 2.96. The Morgan fingerprint density at radius 2 is 2.23 bits per heavy atom. The minimum Gasteiger partial charge on any atom is -0.350 e. The van der Waals surface area contributed by atoms with Crippen molar-refractivity contribution in [2.45, 2.75) is 50.4 Å². The van der Waals surface area contributed by atoms with Crippen molar-refractivity contribution < 1.29 is 9.47 Å². The molecule has 2 aliphatic rings. The van der Waals surface area contributed by atoms with E-state index < -0.39 is 0 Å². The molecule has 0 N–H and O–H groups in total. The van der Waals surface area contributed by atoms with Gasteiger partial charge in [-0.05, 0) is 25.7 Å². The fraction of sp³-hybridized carbons (Fsp3) is 0.818. The Bertz CT molecular complexity index is 183. The first-order valence-electron chi connectivity index (χ1n) is 5.27. The molecule has 0 radical (unpaired) electrons. The van der Waals surface area contributed by atoms with Gasteiger partial charge < -0.3 is 9.47 Å². The van der Waals surface area contributed by atoms with Gasteiger partial charge in [0.25, 0.3) is 0 Å². The molecule has 13 heavy (non-hydrogen) atoms. The Balaban J connectivity index is 1.94. The molecule has 0 saturated carbocycles. The molecule has 2 heterocycles. The van der Waals surface area contributed by atoms with E-state index in [4.69, 9.17) is 9.47 Å². The summed E-state index contributed by atoms with van der Waals surface area (Å²) in [6, 6.07) is 0. The lowest BCUT2D eigenvalue weighted by Gasteiger charge is -2.37. The molecule has 0 aromatic heterocycles. The van der Waals surface area contributed by atoms with Crippen LogP contribution in [0, 0.1) is 0 Å². The maximum Gasteiger partial charge on any atom is 0.168 e. The van der Waals surface area contributed by atoms with Gasteiger partial charge in [-0.3, -0.25) is 0 Å². The van der Waals surface area contributed by atoms with E-state index in [2.05, 4.69) is 6.58 Å². The van der Waals surface area contributed by atoms with Crippen molar-refractivity contribution in [3.8, 4) is 0 Å². The zero-order valence-electron chi connectivity index (χ0n) is 8.13. The van der Waals surface area contributed by atoms with Crippen LogP contribution in [-0.2, 0) is 9.47 Å². The summed E-state index contributed by atoms with van der Waals surface area (Å²) in [5.74, 6) is -0.202. The molecule has 0 unspecified atom stereocenters. The van der Waals surface area contributed by atoms with Crippen LogP contribution in [-0.4, -0.2) is 18.5 Å². The fourth-order valence-corrected chi connectivity index (χ4v) is 2.33. The molecule has 0 aliphatic carbocycles. The Morgan fingerprint density at radius 1 is 1.38 bits per heavy atom. The van der Waals surface area contributed by atoms with Crippen LogP contribution in [0.4, 0.5) is 0 Å². The Labute approximate surface area is 79.9 Å². The Morgan fingerprint density at radius 3 is 2.92 bits per heavy atom. The van der Waals surface area contributed by atoms with Gasteiger partial charge in [-0.2, -0.15) is 0 Å². The predicted octanol–water partition coefficient (Wildman–Crippen LogP) is 2.64. The number of hydrogen-bond acceptors (Lipinski definition) is 2. The largest absolute Gasteiger partial charge is 0.350 e. The molecule has 2 saturated heterocycles.